The van der Waals surface area contributed by atoms with Gasteiger partial charge in [-0.15, -0.1) is 0 Å². The lowest BCUT2D eigenvalue weighted by Gasteiger charge is -2.21. The van der Waals surface area contributed by atoms with Crippen molar-refractivity contribution in [3.05, 3.63) is 58.0 Å². The highest BCUT2D eigenvalue weighted by Gasteiger charge is 2.18. The van der Waals surface area contributed by atoms with Crippen LogP contribution in [0.5, 0.6) is 11.5 Å². The van der Waals surface area contributed by atoms with Crippen LogP contribution in [0.3, 0.4) is 0 Å². The lowest BCUT2D eigenvalue weighted by molar-refractivity contribution is 0.0750. The number of nitrogens with zero attached hydrogens (tertiary/aromatic N) is 1. The van der Waals surface area contributed by atoms with Gasteiger partial charge in [-0.1, -0.05) is 6.07 Å². The van der Waals surface area contributed by atoms with Gasteiger partial charge in [0.25, 0.3) is 11.5 Å². The predicted molar refractivity (Wildman–Crippen MR) is 91.6 cm³/mol. The average Bonchev–Trinajstić information content (AvgIpc) is 2.60. The van der Waals surface area contributed by atoms with Crippen LogP contribution in [-0.4, -0.2) is 36.1 Å². The summed E-state index contributed by atoms with van der Waals surface area (Å²) in [6.07, 6.45) is 1.51. The van der Waals surface area contributed by atoms with Crippen LogP contribution in [-0.2, 0) is 6.54 Å². The van der Waals surface area contributed by atoms with Gasteiger partial charge in [0, 0.05) is 19.3 Å². The molecule has 0 saturated carbocycles. The number of hydrogen-bond acceptors (Lipinski definition) is 4. The molecule has 1 N–H and O–H groups in total. The number of pyridine rings is 1. The molecule has 24 heavy (non-hydrogen) atoms. The zero-order valence-electron chi connectivity index (χ0n) is 14.2. The van der Waals surface area contributed by atoms with Gasteiger partial charge in [-0.2, -0.15) is 0 Å². The zero-order valence-corrected chi connectivity index (χ0v) is 14.2. The molecule has 0 radical (unpaired) electrons. The lowest BCUT2D eigenvalue weighted by Crippen LogP contribution is -2.34. The van der Waals surface area contributed by atoms with Crippen molar-refractivity contribution in [2.45, 2.75) is 20.4 Å². The third-order valence-electron chi connectivity index (χ3n) is 3.62. The molecule has 0 saturated heterocycles. The number of carbonyl (C=O) groups excluding carboxylic acids is 1. The Kier molecular flexibility index (Phi) is 6.01. The van der Waals surface area contributed by atoms with Crippen LogP contribution in [0.4, 0.5) is 0 Å². The van der Waals surface area contributed by atoms with Crippen LogP contribution in [0.2, 0.25) is 0 Å². The molecular weight excluding hydrogens is 308 g/mol. The third kappa shape index (κ3) is 3.95. The summed E-state index contributed by atoms with van der Waals surface area (Å²) in [5.74, 6) is 0.986. The summed E-state index contributed by atoms with van der Waals surface area (Å²) in [7, 11) is 1.58. The molecule has 1 aromatic heterocycles. The van der Waals surface area contributed by atoms with E-state index in [0.717, 1.165) is 5.56 Å². The summed E-state index contributed by atoms with van der Waals surface area (Å²) in [5, 5.41) is 0. The van der Waals surface area contributed by atoms with Gasteiger partial charge in [-0.3, -0.25) is 9.59 Å². The molecule has 1 aromatic carbocycles. The van der Waals surface area contributed by atoms with E-state index in [2.05, 4.69) is 4.98 Å². The van der Waals surface area contributed by atoms with Crippen molar-refractivity contribution in [2.75, 3.05) is 20.3 Å². The number of benzene rings is 1. The number of carbonyl (C=O) groups is 1. The van der Waals surface area contributed by atoms with Crippen LogP contribution in [0.15, 0.2) is 41.3 Å². The van der Waals surface area contributed by atoms with E-state index in [1.165, 1.54) is 12.3 Å². The van der Waals surface area contributed by atoms with Crippen molar-refractivity contribution in [1.82, 2.24) is 9.88 Å². The summed E-state index contributed by atoms with van der Waals surface area (Å²) < 4.78 is 10.8. The third-order valence-corrected chi connectivity index (χ3v) is 3.62. The van der Waals surface area contributed by atoms with Gasteiger partial charge in [-0.05, 0) is 43.7 Å². The first kappa shape index (κ1) is 17.6. The number of ether oxygens (including phenoxy) is 2. The second kappa shape index (κ2) is 8.19. The summed E-state index contributed by atoms with van der Waals surface area (Å²) in [6, 6.07) is 8.73. The molecule has 6 heteroatoms. The highest BCUT2D eigenvalue weighted by Crippen LogP contribution is 2.28. The van der Waals surface area contributed by atoms with Gasteiger partial charge in [0.05, 0.1) is 13.7 Å². The molecule has 0 spiro atoms. The predicted octanol–water partition coefficient (Wildman–Crippen LogP) is 2.44. The summed E-state index contributed by atoms with van der Waals surface area (Å²) in [4.78, 5) is 28.5. The molecule has 2 rings (SSSR count). The second-order valence-corrected chi connectivity index (χ2v) is 5.15. The molecule has 2 aromatic rings. The van der Waals surface area contributed by atoms with Crippen molar-refractivity contribution in [1.29, 1.82) is 0 Å². The minimum Gasteiger partial charge on any atom is -0.493 e. The smallest absolute Gasteiger partial charge is 0.260 e. The van der Waals surface area contributed by atoms with Gasteiger partial charge in [-0.25, -0.2) is 0 Å². The quantitative estimate of drug-likeness (QED) is 0.846. The molecule has 6 nitrogen and oxygen atoms in total. The van der Waals surface area contributed by atoms with Crippen molar-refractivity contribution in [3.8, 4) is 11.5 Å². The van der Waals surface area contributed by atoms with E-state index in [1.807, 2.05) is 32.0 Å². The Morgan fingerprint density at radius 2 is 2.00 bits per heavy atom. The van der Waals surface area contributed by atoms with Gasteiger partial charge in [0.2, 0.25) is 0 Å². The van der Waals surface area contributed by atoms with E-state index in [4.69, 9.17) is 9.47 Å². The Balaban J connectivity index is 2.23. The number of nitrogens with one attached hydrogen (secondary N) is 1. The fourth-order valence-corrected chi connectivity index (χ4v) is 2.39. The molecule has 0 aliphatic heterocycles. The lowest BCUT2D eigenvalue weighted by atomic mass is 10.1. The van der Waals surface area contributed by atoms with Gasteiger partial charge >= 0.3 is 0 Å². The van der Waals surface area contributed by atoms with Crippen LogP contribution in [0.25, 0.3) is 0 Å². The zero-order chi connectivity index (χ0) is 17.5. The number of H-pyrrole nitrogens is 1. The van der Waals surface area contributed by atoms with Crippen molar-refractivity contribution >= 4 is 5.91 Å². The maximum atomic E-state index is 12.6. The van der Waals surface area contributed by atoms with E-state index < -0.39 is 0 Å². The number of methoxy groups -OCH3 is 1. The van der Waals surface area contributed by atoms with E-state index in [0.29, 0.717) is 31.2 Å². The second-order valence-electron chi connectivity index (χ2n) is 5.15. The van der Waals surface area contributed by atoms with Gasteiger partial charge in [0.15, 0.2) is 11.5 Å². The Bertz CT molecular complexity index is 755. The van der Waals surface area contributed by atoms with Crippen molar-refractivity contribution in [2.24, 2.45) is 0 Å². The minimum absolute atomic E-state index is 0.136. The molecule has 1 amide bonds. The maximum Gasteiger partial charge on any atom is 0.260 e. The first-order chi connectivity index (χ1) is 11.6. The molecule has 0 bridgehead atoms. The largest absolute Gasteiger partial charge is 0.493 e. The number of rotatable bonds is 7. The molecule has 0 aliphatic carbocycles. The van der Waals surface area contributed by atoms with Crippen LogP contribution >= 0.6 is 0 Å². The Morgan fingerprint density at radius 3 is 2.62 bits per heavy atom. The topological polar surface area (TPSA) is 71.6 Å². The SMILES string of the molecule is CCOc1ccc(CN(CC)C(=O)c2ccc[nH]c2=O)cc1OC. The standard InChI is InChI=1S/C18H22N2O4/c1-4-20(18(22)14-7-6-10-19-17(14)21)12-13-8-9-15(24-5-2)16(11-13)23-3/h6-11H,4-5,12H2,1-3H3,(H,19,21). The Labute approximate surface area is 141 Å². The van der Waals surface area contributed by atoms with E-state index in [1.54, 1.807) is 18.1 Å². The van der Waals surface area contributed by atoms with Crippen LogP contribution in [0, 0.1) is 0 Å². The molecule has 0 fully saturated rings. The molecule has 1 heterocycles. The Morgan fingerprint density at radius 1 is 1.21 bits per heavy atom. The monoisotopic (exact) mass is 330 g/mol. The molecule has 128 valence electrons. The summed E-state index contributed by atoms with van der Waals surface area (Å²) in [5.41, 5.74) is 0.653. The van der Waals surface area contributed by atoms with Gasteiger partial charge in [0.1, 0.15) is 5.56 Å². The van der Waals surface area contributed by atoms with Crippen molar-refractivity contribution in [3.63, 3.8) is 0 Å². The Hall–Kier alpha value is -2.76. The molecule has 0 atom stereocenters. The van der Waals surface area contributed by atoms with E-state index >= 15 is 0 Å². The maximum absolute atomic E-state index is 12.6. The average molecular weight is 330 g/mol. The molecular formula is C18H22N2O4. The normalized spacial score (nSPS) is 10.3. The van der Waals surface area contributed by atoms with E-state index in [-0.39, 0.29) is 17.0 Å². The van der Waals surface area contributed by atoms with E-state index in [9.17, 15) is 9.59 Å². The molecule has 0 unspecified atom stereocenters. The first-order valence-corrected chi connectivity index (χ1v) is 7.87. The van der Waals surface area contributed by atoms with Crippen molar-refractivity contribution < 1.29 is 14.3 Å². The van der Waals surface area contributed by atoms with Crippen LogP contribution < -0.4 is 15.0 Å². The first-order valence-electron chi connectivity index (χ1n) is 7.87. The number of aromatic nitrogens is 1. The highest BCUT2D eigenvalue weighted by atomic mass is 16.5. The fraction of sp³-hybridized carbons (Fsp3) is 0.333. The number of aromatic amines is 1. The summed E-state index contributed by atoms with van der Waals surface area (Å²) in [6.45, 7) is 5.20. The minimum atomic E-state index is -0.384. The highest BCUT2D eigenvalue weighted by molar-refractivity contribution is 5.93. The fourth-order valence-electron chi connectivity index (χ4n) is 2.39. The summed E-state index contributed by atoms with van der Waals surface area (Å²) >= 11 is 0. The molecule has 0 aliphatic rings. The number of amides is 1. The number of hydrogen-bond donors (Lipinski definition) is 1. The van der Waals surface area contributed by atoms with Gasteiger partial charge < -0.3 is 19.4 Å². The van der Waals surface area contributed by atoms with Crippen LogP contribution in [0.1, 0.15) is 29.8 Å².